The molecule has 1 heterocycles. The lowest BCUT2D eigenvalue weighted by Crippen LogP contribution is -2.19. The minimum Gasteiger partial charge on any atom is -0.493 e. The minimum atomic E-state index is -3.74. The smallest absolute Gasteiger partial charge is 0.323 e. The highest BCUT2D eigenvalue weighted by Gasteiger charge is 2.16. The van der Waals surface area contributed by atoms with Crippen molar-refractivity contribution in [3.05, 3.63) is 66.7 Å². The number of hydrogen-bond donors (Lipinski definition) is 3. The summed E-state index contributed by atoms with van der Waals surface area (Å²) >= 11 is 1.20. The SMILES string of the molecule is COc1ccc(NC(=O)Nc2ccc3sc(NS(=O)(=O)c4ccccc4)nc3c2)cc1OC. The average molecular weight is 485 g/mol. The monoisotopic (exact) mass is 484 g/mol. The van der Waals surface area contributed by atoms with Gasteiger partial charge < -0.3 is 20.1 Å². The van der Waals surface area contributed by atoms with Crippen LogP contribution < -0.4 is 24.8 Å². The van der Waals surface area contributed by atoms with Crippen LogP contribution in [0.25, 0.3) is 10.2 Å². The summed E-state index contributed by atoms with van der Waals surface area (Å²) in [5, 5.41) is 5.70. The van der Waals surface area contributed by atoms with Crippen LogP contribution >= 0.6 is 11.3 Å². The van der Waals surface area contributed by atoms with Crippen molar-refractivity contribution < 1.29 is 22.7 Å². The lowest BCUT2D eigenvalue weighted by Gasteiger charge is -2.11. The van der Waals surface area contributed by atoms with Gasteiger partial charge in [-0.25, -0.2) is 18.2 Å². The van der Waals surface area contributed by atoms with Crippen LogP contribution in [0.5, 0.6) is 11.5 Å². The third-order valence-corrected chi connectivity index (χ3v) is 7.00. The predicted octanol–water partition coefficient (Wildman–Crippen LogP) is 4.76. The third kappa shape index (κ3) is 5.16. The molecule has 170 valence electrons. The number of amides is 2. The van der Waals surface area contributed by atoms with E-state index in [4.69, 9.17) is 9.47 Å². The van der Waals surface area contributed by atoms with E-state index in [1.807, 2.05) is 0 Å². The van der Waals surface area contributed by atoms with Crippen LogP contribution in [0.15, 0.2) is 71.6 Å². The number of methoxy groups -OCH3 is 2. The second kappa shape index (κ2) is 9.35. The molecule has 0 bridgehead atoms. The van der Waals surface area contributed by atoms with Gasteiger partial charge >= 0.3 is 6.03 Å². The number of carbonyl (C=O) groups is 1. The maximum absolute atomic E-state index is 12.5. The zero-order valence-corrected chi connectivity index (χ0v) is 19.3. The Morgan fingerprint density at radius 3 is 2.24 bits per heavy atom. The molecule has 0 fully saturated rings. The van der Waals surface area contributed by atoms with Gasteiger partial charge in [0.25, 0.3) is 10.0 Å². The van der Waals surface area contributed by atoms with E-state index in [0.29, 0.717) is 28.4 Å². The van der Waals surface area contributed by atoms with Gasteiger partial charge in [-0.3, -0.25) is 4.72 Å². The van der Waals surface area contributed by atoms with Crippen LogP contribution in [0, 0.1) is 0 Å². The molecule has 1 aromatic heterocycles. The number of nitrogens with zero attached hydrogens (tertiary/aromatic N) is 1. The van der Waals surface area contributed by atoms with E-state index in [9.17, 15) is 13.2 Å². The quantitative estimate of drug-likeness (QED) is 0.348. The fourth-order valence-corrected chi connectivity index (χ4v) is 5.13. The van der Waals surface area contributed by atoms with Gasteiger partial charge in [0, 0.05) is 17.4 Å². The fraction of sp³-hybridized carbons (Fsp3) is 0.0909. The summed E-state index contributed by atoms with van der Waals surface area (Å²) in [6, 6.07) is 17.8. The van der Waals surface area contributed by atoms with E-state index in [-0.39, 0.29) is 10.0 Å². The number of sulfonamides is 1. The molecule has 4 rings (SSSR count). The molecule has 3 aromatic carbocycles. The van der Waals surface area contributed by atoms with Gasteiger partial charge in [-0.2, -0.15) is 0 Å². The minimum absolute atomic E-state index is 0.151. The molecule has 0 saturated heterocycles. The zero-order chi connectivity index (χ0) is 23.4. The number of hydrogen-bond acceptors (Lipinski definition) is 7. The van der Waals surface area contributed by atoms with Gasteiger partial charge in [-0.1, -0.05) is 29.5 Å². The first-order chi connectivity index (χ1) is 15.9. The molecular formula is C22H20N4O5S2. The molecular weight excluding hydrogens is 464 g/mol. The van der Waals surface area contributed by atoms with Crippen LogP contribution in [-0.4, -0.2) is 33.7 Å². The van der Waals surface area contributed by atoms with Crippen LogP contribution in [0.1, 0.15) is 0 Å². The van der Waals surface area contributed by atoms with E-state index in [2.05, 4.69) is 20.3 Å². The number of nitrogens with one attached hydrogen (secondary N) is 3. The van der Waals surface area contributed by atoms with Crippen molar-refractivity contribution in [3.63, 3.8) is 0 Å². The molecule has 0 radical (unpaired) electrons. The average Bonchev–Trinajstić information content (AvgIpc) is 3.20. The lowest BCUT2D eigenvalue weighted by molar-refractivity contribution is 0.262. The Balaban J connectivity index is 1.47. The summed E-state index contributed by atoms with van der Waals surface area (Å²) in [6.45, 7) is 0. The molecule has 4 aromatic rings. The molecule has 0 saturated carbocycles. The van der Waals surface area contributed by atoms with Gasteiger partial charge in [0.15, 0.2) is 16.6 Å². The molecule has 33 heavy (non-hydrogen) atoms. The largest absolute Gasteiger partial charge is 0.493 e. The van der Waals surface area contributed by atoms with Gasteiger partial charge in [-0.15, -0.1) is 0 Å². The Labute approximate surface area is 194 Å². The van der Waals surface area contributed by atoms with Gasteiger partial charge in [0.2, 0.25) is 0 Å². The molecule has 9 nitrogen and oxygen atoms in total. The Bertz CT molecular complexity index is 1410. The molecule has 0 aliphatic carbocycles. The number of urea groups is 1. The number of carbonyl (C=O) groups excluding carboxylic acids is 1. The number of fused-ring (bicyclic) bond motifs is 1. The van der Waals surface area contributed by atoms with Crippen molar-refractivity contribution in [2.45, 2.75) is 4.90 Å². The van der Waals surface area contributed by atoms with Gasteiger partial charge in [-0.05, 0) is 42.5 Å². The van der Waals surface area contributed by atoms with E-state index in [1.54, 1.807) is 54.6 Å². The van der Waals surface area contributed by atoms with Gasteiger partial charge in [0.1, 0.15) is 0 Å². The molecule has 3 N–H and O–H groups in total. The Morgan fingerprint density at radius 2 is 1.55 bits per heavy atom. The predicted molar refractivity (Wildman–Crippen MR) is 129 cm³/mol. The highest BCUT2D eigenvalue weighted by molar-refractivity contribution is 7.93. The summed E-state index contributed by atoms with van der Waals surface area (Å²) in [5.74, 6) is 1.04. The lowest BCUT2D eigenvalue weighted by atomic mass is 10.2. The molecule has 2 amide bonds. The Kier molecular flexibility index (Phi) is 6.33. The summed E-state index contributed by atoms with van der Waals surface area (Å²) < 4.78 is 38.7. The molecule has 0 unspecified atom stereocenters. The summed E-state index contributed by atoms with van der Waals surface area (Å²) in [7, 11) is -0.692. The van der Waals surface area contributed by atoms with Crippen molar-refractivity contribution in [2.75, 3.05) is 29.6 Å². The van der Waals surface area contributed by atoms with E-state index in [1.165, 1.54) is 37.7 Å². The van der Waals surface area contributed by atoms with Crippen molar-refractivity contribution in [1.82, 2.24) is 4.98 Å². The Morgan fingerprint density at radius 1 is 0.879 bits per heavy atom. The van der Waals surface area contributed by atoms with Crippen LogP contribution in [-0.2, 0) is 10.0 Å². The van der Waals surface area contributed by atoms with Crippen molar-refractivity contribution in [2.24, 2.45) is 0 Å². The number of anilines is 3. The number of rotatable bonds is 7. The summed E-state index contributed by atoms with van der Waals surface area (Å²) in [5.41, 5.74) is 1.58. The first-order valence-corrected chi connectivity index (χ1v) is 12.0. The number of ether oxygens (including phenoxy) is 2. The van der Waals surface area contributed by atoms with Gasteiger partial charge in [0.05, 0.1) is 29.3 Å². The maximum Gasteiger partial charge on any atom is 0.323 e. The standard InChI is InChI=1S/C22H20N4O5S2/c1-30-18-10-8-15(13-19(18)31-2)24-21(27)23-14-9-11-20-17(12-14)25-22(32-20)26-33(28,29)16-6-4-3-5-7-16/h3-13H,1-2H3,(H,25,26)(H2,23,24,27). The highest BCUT2D eigenvalue weighted by Crippen LogP contribution is 2.31. The molecule has 11 heteroatoms. The molecule has 0 spiro atoms. The number of aromatic nitrogens is 1. The van der Waals surface area contributed by atoms with Crippen molar-refractivity contribution >= 4 is 54.1 Å². The summed E-state index contributed by atoms with van der Waals surface area (Å²) in [6.07, 6.45) is 0. The van der Waals surface area contributed by atoms with Crippen molar-refractivity contribution in [3.8, 4) is 11.5 Å². The van der Waals surface area contributed by atoms with E-state index < -0.39 is 16.1 Å². The molecule has 0 atom stereocenters. The fourth-order valence-electron chi connectivity index (χ4n) is 3.03. The van der Waals surface area contributed by atoms with Crippen molar-refractivity contribution in [1.29, 1.82) is 0 Å². The number of benzene rings is 3. The topological polar surface area (TPSA) is 119 Å². The zero-order valence-electron chi connectivity index (χ0n) is 17.7. The van der Waals surface area contributed by atoms with E-state index >= 15 is 0 Å². The highest BCUT2D eigenvalue weighted by atomic mass is 32.2. The van der Waals surface area contributed by atoms with Crippen LogP contribution in [0.4, 0.5) is 21.3 Å². The number of thiazole rings is 1. The first-order valence-electron chi connectivity index (χ1n) is 9.66. The third-order valence-electron chi connectivity index (χ3n) is 4.56. The second-order valence-corrected chi connectivity index (χ2v) is 9.48. The maximum atomic E-state index is 12.5. The first kappa shape index (κ1) is 22.4. The Hall–Kier alpha value is -3.83. The van der Waals surface area contributed by atoms with Crippen LogP contribution in [0.2, 0.25) is 0 Å². The van der Waals surface area contributed by atoms with E-state index in [0.717, 1.165) is 4.70 Å². The second-order valence-electron chi connectivity index (χ2n) is 6.77. The molecule has 0 aliphatic rings. The summed E-state index contributed by atoms with van der Waals surface area (Å²) in [4.78, 5) is 16.9. The molecule has 0 aliphatic heterocycles. The van der Waals surface area contributed by atoms with Crippen LogP contribution in [0.3, 0.4) is 0 Å². The normalized spacial score (nSPS) is 11.1.